The molecule has 3 aliphatic rings. The van der Waals surface area contributed by atoms with Crippen molar-refractivity contribution < 1.29 is 28.1 Å². The number of benzene rings is 3. The Kier molecular flexibility index (Phi) is 7.07. The highest BCUT2D eigenvalue weighted by molar-refractivity contribution is 5.93. The molecular formula is C33H34FN3O5. The molecule has 218 valence electrons. The molecule has 2 fully saturated rings. The predicted molar refractivity (Wildman–Crippen MR) is 154 cm³/mol. The standard InChI is InChI=1S/C33H34FN3O5/c1-20-6-8-25(26(34)16-20)33-41-29-5-3-4-24(31(29)42-33)21-10-13-36(14-11-21)19-30-35-27-9-7-22(32(38)39-2)17-28(27)37(30)18-23-12-15-40-23/h3-9,16-17,21,23,33H,10-15,18-19H2,1-2H3. The number of halogens is 1. The fourth-order valence-electron chi connectivity index (χ4n) is 6.25. The van der Waals surface area contributed by atoms with E-state index in [9.17, 15) is 9.18 Å². The van der Waals surface area contributed by atoms with Crippen molar-refractivity contribution >= 4 is 17.0 Å². The van der Waals surface area contributed by atoms with Crippen molar-refractivity contribution in [1.82, 2.24) is 14.5 Å². The highest BCUT2D eigenvalue weighted by Gasteiger charge is 2.33. The van der Waals surface area contributed by atoms with Gasteiger partial charge in [0.2, 0.25) is 0 Å². The number of aromatic nitrogens is 2. The number of imidazole rings is 1. The zero-order chi connectivity index (χ0) is 28.8. The van der Waals surface area contributed by atoms with Crippen LogP contribution in [0.4, 0.5) is 4.39 Å². The van der Waals surface area contributed by atoms with Gasteiger partial charge in [-0.15, -0.1) is 0 Å². The minimum atomic E-state index is -0.783. The highest BCUT2D eigenvalue weighted by atomic mass is 19.1. The van der Waals surface area contributed by atoms with Gasteiger partial charge in [-0.25, -0.2) is 14.2 Å². The van der Waals surface area contributed by atoms with Crippen LogP contribution in [0.3, 0.4) is 0 Å². The molecule has 9 heteroatoms. The van der Waals surface area contributed by atoms with Gasteiger partial charge in [-0.2, -0.15) is 0 Å². The van der Waals surface area contributed by atoms with E-state index in [1.807, 2.05) is 37.3 Å². The van der Waals surface area contributed by atoms with Crippen LogP contribution in [0, 0.1) is 12.7 Å². The maximum atomic E-state index is 14.7. The molecule has 2 unspecified atom stereocenters. The molecule has 0 radical (unpaired) electrons. The van der Waals surface area contributed by atoms with Crippen molar-refractivity contribution in [2.24, 2.45) is 0 Å². The first-order valence-corrected chi connectivity index (χ1v) is 14.6. The summed E-state index contributed by atoms with van der Waals surface area (Å²) in [6.07, 6.45) is 2.32. The molecule has 4 heterocycles. The predicted octanol–water partition coefficient (Wildman–Crippen LogP) is 5.91. The van der Waals surface area contributed by atoms with Gasteiger partial charge in [-0.1, -0.05) is 18.2 Å². The maximum Gasteiger partial charge on any atom is 0.337 e. The Balaban J connectivity index is 1.06. The lowest BCUT2D eigenvalue weighted by Crippen LogP contribution is -2.35. The Morgan fingerprint density at radius 2 is 1.88 bits per heavy atom. The Hall–Kier alpha value is -3.95. The quantitative estimate of drug-likeness (QED) is 0.255. The maximum absolute atomic E-state index is 14.7. The Bertz CT molecular complexity index is 1640. The molecule has 0 spiro atoms. The van der Waals surface area contributed by atoms with E-state index < -0.39 is 6.29 Å². The lowest BCUT2D eigenvalue weighted by Gasteiger charge is -2.33. The average Bonchev–Trinajstić information content (AvgIpc) is 3.55. The number of esters is 1. The minimum Gasteiger partial charge on any atom is -0.465 e. The zero-order valence-corrected chi connectivity index (χ0v) is 23.8. The summed E-state index contributed by atoms with van der Waals surface area (Å²) < 4.78 is 39.8. The summed E-state index contributed by atoms with van der Waals surface area (Å²) >= 11 is 0. The van der Waals surface area contributed by atoms with Crippen molar-refractivity contribution in [2.45, 2.75) is 57.6 Å². The number of hydrogen-bond donors (Lipinski definition) is 0. The van der Waals surface area contributed by atoms with Gasteiger partial charge in [0.15, 0.2) is 11.5 Å². The largest absolute Gasteiger partial charge is 0.465 e. The Morgan fingerprint density at radius 3 is 2.62 bits per heavy atom. The lowest BCUT2D eigenvalue weighted by atomic mass is 9.88. The van der Waals surface area contributed by atoms with E-state index in [1.54, 1.807) is 12.1 Å². The number of para-hydroxylation sites is 1. The summed E-state index contributed by atoms with van der Waals surface area (Å²) in [6.45, 7) is 5.88. The van der Waals surface area contributed by atoms with Gasteiger partial charge in [0.25, 0.3) is 6.29 Å². The molecule has 2 saturated heterocycles. The molecule has 0 bridgehead atoms. The van der Waals surface area contributed by atoms with Crippen LogP contribution in [0.1, 0.15) is 64.3 Å². The third kappa shape index (κ3) is 5.01. The van der Waals surface area contributed by atoms with Gasteiger partial charge >= 0.3 is 5.97 Å². The molecule has 7 rings (SSSR count). The van der Waals surface area contributed by atoms with Crippen molar-refractivity contribution in [1.29, 1.82) is 0 Å². The number of carbonyl (C=O) groups is 1. The monoisotopic (exact) mass is 571 g/mol. The van der Waals surface area contributed by atoms with Crippen LogP contribution in [-0.4, -0.2) is 53.3 Å². The summed E-state index contributed by atoms with van der Waals surface area (Å²) in [5, 5.41) is 0. The molecular weight excluding hydrogens is 537 g/mol. The summed E-state index contributed by atoms with van der Waals surface area (Å²) in [7, 11) is 1.39. The number of fused-ring (bicyclic) bond motifs is 2. The Morgan fingerprint density at radius 1 is 1.05 bits per heavy atom. The van der Waals surface area contributed by atoms with Gasteiger partial charge in [0, 0.05) is 12.2 Å². The second-order valence-electron chi connectivity index (χ2n) is 11.4. The van der Waals surface area contributed by atoms with Crippen LogP contribution >= 0.6 is 0 Å². The van der Waals surface area contributed by atoms with Gasteiger partial charge < -0.3 is 23.5 Å². The first-order chi connectivity index (χ1) is 20.5. The Labute approximate surface area is 243 Å². The molecule has 1 aromatic heterocycles. The fourth-order valence-corrected chi connectivity index (χ4v) is 6.25. The number of carbonyl (C=O) groups excluding carboxylic acids is 1. The smallest absolute Gasteiger partial charge is 0.337 e. The van der Waals surface area contributed by atoms with Crippen LogP contribution in [0.5, 0.6) is 11.5 Å². The zero-order valence-electron chi connectivity index (χ0n) is 23.8. The van der Waals surface area contributed by atoms with Gasteiger partial charge in [0.1, 0.15) is 11.6 Å². The van der Waals surface area contributed by atoms with Crippen molar-refractivity contribution in [3.8, 4) is 11.5 Å². The average molecular weight is 572 g/mol. The van der Waals surface area contributed by atoms with E-state index in [0.29, 0.717) is 35.9 Å². The van der Waals surface area contributed by atoms with E-state index in [-0.39, 0.29) is 17.9 Å². The number of aryl methyl sites for hydroxylation is 1. The molecule has 42 heavy (non-hydrogen) atoms. The number of likely N-dealkylation sites (tertiary alicyclic amines) is 1. The summed E-state index contributed by atoms with van der Waals surface area (Å²) in [4.78, 5) is 19.6. The van der Waals surface area contributed by atoms with Gasteiger partial charge in [-0.3, -0.25) is 4.90 Å². The number of methoxy groups -OCH3 is 1. The van der Waals surface area contributed by atoms with Crippen LogP contribution < -0.4 is 9.47 Å². The first-order valence-electron chi connectivity index (χ1n) is 14.6. The first kappa shape index (κ1) is 26.9. The second-order valence-corrected chi connectivity index (χ2v) is 11.4. The number of nitrogens with zero attached hydrogens (tertiary/aromatic N) is 3. The van der Waals surface area contributed by atoms with Crippen LogP contribution in [0.25, 0.3) is 11.0 Å². The molecule has 8 nitrogen and oxygen atoms in total. The van der Waals surface area contributed by atoms with Crippen LogP contribution in [-0.2, 0) is 22.6 Å². The third-order valence-electron chi connectivity index (χ3n) is 8.70. The van der Waals surface area contributed by atoms with E-state index in [1.165, 1.54) is 13.2 Å². The van der Waals surface area contributed by atoms with Crippen molar-refractivity contribution in [2.75, 3.05) is 26.8 Å². The van der Waals surface area contributed by atoms with E-state index in [2.05, 4.69) is 15.5 Å². The topological polar surface area (TPSA) is 75.0 Å². The molecule has 0 amide bonds. The SMILES string of the molecule is COC(=O)c1ccc2nc(CN3CCC(c4cccc5c4OC(c4ccc(C)cc4F)O5)CC3)n(CC3CCO3)c2c1. The molecule has 0 saturated carbocycles. The third-order valence-corrected chi connectivity index (χ3v) is 8.70. The van der Waals surface area contributed by atoms with Crippen LogP contribution in [0.2, 0.25) is 0 Å². The molecule has 4 aromatic rings. The number of rotatable bonds is 7. The summed E-state index contributed by atoms with van der Waals surface area (Å²) in [5.41, 5.74) is 4.69. The van der Waals surface area contributed by atoms with Crippen molar-refractivity contribution in [3.05, 3.63) is 88.5 Å². The number of piperidine rings is 1. The van der Waals surface area contributed by atoms with Crippen LogP contribution in [0.15, 0.2) is 54.6 Å². The van der Waals surface area contributed by atoms with E-state index in [4.69, 9.17) is 23.9 Å². The number of ether oxygens (including phenoxy) is 4. The molecule has 3 aromatic carbocycles. The molecule has 0 aliphatic carbocycles. The van der Waals surface area contributed by atoms with E-state index in [0.717, 1.165) is 72.7 Å². The van der Waals surface area contributed by atoms with Crippen molar-refractivity contribution in [3.63, 3.8) is 0 Å². The van der Waals surface area contributed by atoms with Gasteiger partial charge in [-0.05, 0) is 87.2 Å². The summed E-state index contributed by atoms with van der Waals surface area (Å²) in [6, 6.07) is 16.6. The molecule has 2 atom stereocenters. The second kappa shape index (κ2) is 11.0. The van der Waals surface area contributed by atoms with E-state index >= 15 is 0 Å². The highest BCUT2D eigenvalue weighted by Crippen LogP contribution is 2.47. The van der Waals surface area contributed by atoms with Gasteiger partial charge in [0.05, 0.1) is 48.5 Å². The fraction of sp³-hybridized carbons (Fsp3) is 0.394. The number of hydrogen-bond acceptors (Lipinski definition) is 7. The minimum absolute atomic E-state index is 0.160. The normalized spacial score (nSPS) is 20.5. The summed E-state index contributed by atoms with van der Waals surface area (Å²) in [5.74, 6) is 2.00. The molecule has 3 aliphatic heterocycles. The molecule has 0 N–H and O–H groups in total. The lowest BCUT2D eigenvalue weighted by molar-refractivity contribution is -0.0592.